The molecule has 0 aliphatic carbocycles. The Bertz CT molecular complexity index is 973. The summed E-state index contributed by atoms with van der Waals surface area (Å²) >= 11 is 0. The number of nitrogens with one attached hydrogen (secondary N) is 1. The van der Waals surface area contributed by atoms with Crippen LogP contribution in [0.15, 0.2) is 54.9 Å². The van der Waals surface area contributed by atoms with E-state index in [1.54, 1.807) is 0 Å². The second kappa shape index (κ2) is 9.09. The van der Waals surface area contributed by atoms with Crippen LogP contribution in [0, 0.1) is 13.8 Å². The second-order valence-corrected chi connectivity index (χ2v) is 6.88. The molecule has 1 heterocycles. The number of tetrazole rings is 1. The summed E-state index contributed by atoms with van der Waals surface area (Å²) in [7, 11) is 0. The molecule has 1 N–H and O–H groups in total. The number of carbonyl (C=O) groups excluding carboxylic acids is 2. The summed E-state index contributed by atoms with van der Waals surface area (Å²) in [5.41, 5.74) is 3.58. The van der Waals surface area contributed by atoms with E-state index in [9.17, 15) is 9.59 Å². The molecule has 0 saturated heterocycles. The molecule has 29 heavy (non-hydrogen) atoms. The first-order chi connectivity index (χ1) is 13.9. The smallest absolute Gasteiger partial charge is 0.332 e. The molecule has 0 saturated carbocycles. The van der Waals surface area contributed by atoms with Gasteiger partial charge in [0.1, 0.15) is 6.33 Å². The van der Waals surface area contributed by atoms with Gasteiger partial charge >= 0.3 is 5.97 Å². The highest BCUT2D eigenvalue weighted by Crippen LogP contribution is 2.18. The van der Waals surface area contributed by atoms with Crippen molar-refractivity contribution < 1.29 is 14.3 Å². The number of hydrogen-bond acceptors (Lipinski definition) is 6. The number of nitrogens with zero attached hydrogens (tertiary/aromatic N) is 4. The summed E-state index contributed by atoms with van der Waals surface area (Å²) < 4.78 is 6.78. The standard InChI is InChI=1S/C21H23N5O3/c1-14-9-10-15(2)18(11-14)23-20(27)16(3)29-21(28)19(26-13-22-24-25-26)12-17-7-5-4-6-8-17/h4-11,13,16,19H,12H2,1-3H3,(H,23,27)/t16-,19+/m0/s1. The highest BCUT2D eigenvalue weighted by molar-refractivity contribution is 5.96. The molecule has 1 aromatic heterocycles. The quantitative estimate of drug-likeness (QED) is 0.620. The van der Waals surface area contributed by atoms with Crippen molar-refractivity contribution in [2.45, 2.75) is 39.3 Å². The zero-order valence-corrected chi connectivity index (χ0v) is 16.6. The number of ether oxygens (including phenoxy) is 1. The van der Waals surface area contributed by atoms with Crippen molar-refractivity contribution in [2.75, 3.05) is 5.32 Å². The van der Waals surface area contributed by atoms with Crippen molar-refractivity contribution in [3.05, 3.63) is 71.5 Å². The number of carbonyl (C=O) groups is 2. The van der Waals surface area contributed by atoms with Crippen LogP contribution in [0.1, 0.15) is 29.7 Å². The molecular weight excluding hydrogens is 370 g/mol. The Morgan fingerprint density at radius 1 is 1.14 bits per heavy atom. The molecule has 0 fully saturated rings. The van der Waals surface area contributed by atoms with Crippen LogP contribution >= 0.6 is 0 Å². The van der Waals surface area contributed by atoms with E-state index in [0.29, 0.717) is 12.1 Å². The average molecular weight is 393 g/mol. The van der Waals surface area contributed by atoms with Gasteiger partial charge in [-0.05, 0) is 54.0 Å². The minimum absolute atomic E-state index is 0.343. The van der Waals surface area contributed by atoms with Crippen LogP contribution < -0.4 is 5.32 Å². The van der Waals surface area contributed by atoms with Crippen LogP contribution in [-0.2, 0) is 20.7 Å². The van der Waals surface area contributed by atoms with E-state index >= 15 is 0 Å². The summed E-state index contributed by atoms with van der Waals surface area (Å²) in [6.45, 7) is 5.38. The molecule has 1 amide bonds. The van der Waals surface area contributed by atoms with Gasteiger partial charge < -0.3 is 10.1 Å². The van der Waals surface area contributed by atoms with Crippen LogP contribution in [-0.4, -0.2) is 38.2 Å². The predicted octanol–water partition coefficient (Wildman–Crippen LogP) is 2.64. The lowest BCUT2D eigenvalue weighted by atomic mass is 10.1. The Morgan fingerprint density at radius 3 is 2.59 bits per heavy atom. The van der Waals surface area contributed by atoms with Crippen molar-refractivity contribution in [2.24, 2.45) is 0 Å². The predicted molar refractivity (Wildman–Crippen MR) is 107 cm³/mol. The Labute approximate surface area is 168 Å². The maximum atomic E-state index is 12.8. The van der Waals surface area contributed by atoms with Crippen molar-refractivity contribution in [3.8, 4) is 0 Å². The van der Waals surface area contributed by atoms with Crippen LogP contribution in [0.5, 0.6) is 0 Å². The van der Waals surface area contributed by atoms with E-state index in [-0.39, 0.29) is 0 Å². The van der Waals surface area contributed by atoms with E-state index in [1.165, 1.54) is 17.9 Å². The maximum Gasteiger partial charge on any atom is 0.332 e. The third-order valence-electron chi connectivity index (χ3n) is 4.54. The molecule has 2 atom stereocenters. The molecule has 150 valence electrons. The first kappa shape index (κ1) is 20.2. The molecule has 0 unspecified atom stereocenters. The molecule has 3 rings (SSSR count). The van der Waals surface area contributed by atoms with Gasteiger partial charge in [0.25, 0.3) is 5.91 Å². The summed E-state index contributed by atoms with van der Waals surface area (Å²) in [4.78, 5) is 25.4. The summed E-state index contributed by atoms with van der Waals surface area (Å²) in [5.74, 6) is -0.980. The number of anilines is 1. The summed E-state index contributed by atoms with van der Waals surface area (Å²) in [6, 6.07) is 14.5. The summed E-state index contributed by atoms with van der Waals surface area (Å²) in [6.07, 6.45) is 0.725. The van der Waals surface area contributed by atoms with Crippen LogP contribution in [0.4, 0.5) is 5.69 Å². The van der Waals surface area contributed by atoms with Crippen LogP contribution in [0.2, 0.25) is 0 Å². The molecule has 3 aromatic rings. The molecule has 0 spiro atoms. The Balaban J connectivity index is 1.69. The van der Waals surface area contributed by atoms with Gasteiger partial charge in [-0.3, -0.25) is 4.79 Å². The highest BCUT2D eigenvalue weighted by atomic mass is 16.5. The zero-order chi connectivity index (χ0) is 20.8. The van der Waals surface area contributed by atoms with Gasteiger partial charge in [-0.25, -0.2) is 9.48 Å². The van der Waals surface area contributed by atoms with Crippen LogP contribution in [0.25, 0.3) is 0 Å². The van der Waals surface area contributed by atoms with Gasteiger partial charge in [0.05, 0.1) is 0 Å². The van der Waals surface area contributed by atoms with E-state index in [2.05, 4.69) is 20.8 Å². The molecule has 8 nitrogen and oxygen atoms in total. The normalized spacial score (nSPS) is 12.8. The van der Waals surface area contributed by atoms with Crippen molar-refractivity contribution in [1.29, 1.82) is 0 Å². The summed E-state index contributed by atoms with van der Waals surface area (Å²) in [5, 5.41) is 13.8. The van der Waals surface area contributed by atoms with Gasteiger partial charge in [0.15, 0.2) is 12.1 Å². The number of esters is 1. The average Bonchev–Trinajstić information content (AvgIpc) is 3.24. The number of aryl methyl sites for hydroxylation is 2. The number of rotatable bonds is 7. The molecule has 0 aliphatic rings. The second-order valence-electron chi connectivity index (χ2n) is 6.88. The number of aromatic nitrogens is 4. The monoisotopic (exact) mass is 393 g/mol. The number of amides is 1. The van der Waals surface area contributed by atoms with E-state index in [0.717, 1.165) is 16.7 Å². The first-order valence-electron chi connectivity index (χ1n) is 9.29. The van der Waals surface area contributed by atoms with E-state index in [4.69, 9.17) is 4.74 Å². The number of hydrogen-bond donors (Lipinski definition) is 1. The van der Waals surface area contributed by atoms with Gasteiger partial charge in [-0.15, -0.1) is 5.10 Å². The van der Waals surface area contributed by atoms with Gasteiger partial charge in [0, 0.05) is 12.1 Å². The fourth-order valence-electron chi connectivity index (χ4n) is 2.84. The third-order valence-corrected chi connectivity index (χ3v) is 4.54. The fraction of sp³-hybridized carbons (Fsp3) is 0.286. The molecule has 2 aromatic carbocycles. The van der Waals surface area contributed by atoms with Crippen molar-refractivity contribution in [3.63, 3.8) is 0 Å². The SMILES string of the molecule is Cc1ccc(C)c(NC(=O)[C@H](C)OC(=O)[C@@H](Cc2ccccc2)n2cnnn2)c1. The minimum Gasteiger partial charge on any atom is -0.451 e. The lowest BCUT2D eigenvalue weighted by Crippen LogP contribution is -2.34. The van der Waals surface area contributed by atoms with Crippen LogP contribution in [0.3, 0.4) is 0 Å². The van der Waals surface area contributed by atoms with E-state index < -0.39 is 24.0 Å². The number of benzene rings is 2. The van der Waals surface area contributed by atoms with Gasteiger partial charge in [0.2, 0.25) is 0 Å². The third kappa shape index (κ3) is 5.25. The Hall–Kier alpha value is -3.55. The lowest BCUT2D eigenvalue weighted by Gasteiger charge is -2.19. The Kier molecular flexibility index (Phi) is 6.33. The molecular formula is C21H23N5O3. The molecule has 0 bridgehead atoms. The molecule has 0 radical (unpaired) electrons. The van der Waals surface area contributed by atoms with E-state index in [1.807, 2.05) is 62.4 Å². The van der Waals surface area contributed by atoms with Gasteiger partial charge in [-0.2, -0.15) is 0 Å². The fourth-order valence-corrected chi connectivity index (χ4v) is 2.84. The topological polar surface area (TPSA) is 99.0 Å². The molecule has 0 aliphatic heterocycles. The first-order valence-corrected chi connectivity index (χ1v) is 9.29. The Morgan fingerprint density at radius 2 is 1.90 bits per heavy atom. The van der Waals surface area contributed by atoms with Gasteiger partial charge in [-0.1, -0.05) is 42.5 Å². The highest BCUT2D eigenvalue weighted by Gasteiger charge is 2.28. The largest absolute Gasteiger partial charge is 0.451 e. The zero-order valence-electron chi connectivity index (χ0n) is 16.6. The van der Waals surface area contributed by atoms with Crippen molar-refractivity contribution >= 4 is 17.6 Å². The lowest BCUT2D eigenvalue weighted by molar-refractivity contribution is -0.156. The maximum absolute atomic E-state index is 12.8. The minimum atomic E-state index is -0.975. The molecule has 8 heteroatoms. The van der Waals surface area contributed by atoms with Crippen molar-refractivity contribution in [1.82, 2.24) is 20.2 Å².